The highest BCUT2D eigenvalue weighted by molar-refractivity contribution is 5.85. The van der Waals surface area contributed by atoms with E-state index in [0.717, 1.165) is 11.1 Å². The predicted molar refractivity (Wildman–Crippen MR) is 97.6 cm³/mol. The van der Waals surface area contributed by atoms with Gasteiger partial charge in [0.25, 0.3) is 0 Å². The topological polar surface area (TPSA) is 20.2 Å². The molecule has 1 heteroatoms. The summed E-state index contributed by atoms with van der Waals surface area (Å²) in [6.07, 6.45) is 2.47. The first-order chi connectivity index (χ1) is 11.2. The fraction of sp³-hybridized carbons (Fsp3) is 0.0909. The lowest BCUT2D eigenvalue weighted by Gasteiger charge is -2.13. The van der Waals surface area contributed by atoms with E-state index in [4.69, 9.17) is 0 Å². The highest BCUT2D eigenvalue weighted by atomic mass is 16.3. The Morgan fingerprint density at radius 2 is 1.52 bits per heavy atom. The van der Waals surface area contributed by atoms with Gasteiger partial charge in [0.05, 0.1) is 0 Å². The molecule has 0 spiro atoms. The smallest absolute Gasteiger partial charge is 0.119 e. The Bertz CT molecular complexity index is 846. The van der Waals surface area contributed by atoms with E-state index in [9.17, 15) is 5.11 Å². The molecule has 3 aromatic carbocycles. The summed E-state index contributed by atoms with van der Waals surface area (Å²) in [5, 5.41) is 10.00. The largest absolute Gasteiger partial charge is 0.508 e. The first-order valence-corrected chi connectivity index (χ1v) is 7.79. The van der Waals surface area contributed by atoms with Gasteiger partial charge in [0, 0.05) is 0 Å². The minimum Gasteiger partial charge on any atom is -0.508 e. The Balaban J connectivity index is 2.17. The van der Waals surface area contributed by atoms with Crippen LogP contribution < -0.4 is 0 Å². The Morgan fingerprint density at radius 3 is 2.22 bits per heavy atom. The van der Waals surface area contributed by atoms with Crippen LogP contribution in [0.3, 0.4) is 0 Å². The van der Waals surface area contributed by atoms with Crippen molar-refractivity contribution in [3.8, 4) is 28.0 Å². The molecule has 1 N–H and O–H groups in total. The van der Waals surface area contributed by atoms with Crippen LogP contribution in [-0.4, -0.2) is 5.11 Å². The van der Waals surface area contributed by atoms with Crippen molar-refractivity contribution in [3.05, 3.63) is 90.5 Å². The van der Waals surface area contributed by atoms with E-state index in [1.165, 1.54) is 22.3 Å². The van der Waals surface area contributed by atoms with E-state index in [-0.39, 0.29) is 0 Å². The Labute approximate surface area is 137 Å². The first kappa shape index (κ1) is 15.1. The van der Waals surface area contributed by atoms with Crippen LogP contribution >= 0.6 is 0 Å². The first-order valence-electron chi connectivity index (χ1n) is 7.79. The van der Waals surface area contributed by atoms with Crippen molar-refractivity contribution in [1.29, 1.82) is 0 Å². The van der Waals surface area contributed by atoms with Gasteiger partial charge in [0.2, 0.25) is 0 Å². The van der Waals surface area contributed by atoms with Gasteiger partial charge in [-0.15, -0.1) is 6.58 Å². The van der Waals surface area contributed by atoms with E-state index in [2.05, 4.69) is 62.0 Å². The van der Waals surface area contributed by atoms with E-state index in [1.54, 1.807) is 6.07 Å². The average molecular weight is 300 g/mol. The molecule has 3 aromatic rings. The van der Waals surface area contributed by atoms with Gasteiger partial charge >= 0.3 is 0 Å². The van der Waals surface area contributed by atoms with Crippen molar-refractivity contribution >= 4 is 0 Å². The van der Waals surface area contributed by atoms with E-state index < -0.39 is 0 Å². The average Bonchev–Trinajstić information content (AvgIpc) is 2.58. The van der Waals surface area contributed by atoms with E-state index >= 15 is 0 Å². The van der Waals surface area contributed by atoms with Gasteiger partial charge in [0.1, 0.15) is 5.75 Å². The zero-order valence-corrected chi connectivity index (χ0v) is 13.3. The van der Waals surface area contributed by atoms with Crippen LogP contribution in [-0.2, 0) is 6.42 Å². The monoisotopic (exact) mass is 300 g/mol. The van der Waals surface area contributed by atoms with Crippen molar-refractivity contribution in [3.63, 3.8) is 0 Å². The molecule has 23 heavy (non-hydrogen) atoms. The van der Waals surface area contributed by atoms with Crippen LogP contribution in [0.15, 0.2) is 79.4 Å². The maximum Gasteiger partial charge on any atom is 0.119 e. The lowest BCUT2D eigenvalue weighted by Crippen LogP contribution is -1.89. The van der Waals surface area contributed by atoms with E-state index in [0.29, 0.717) is 12.2 Å². The maximum atomic E-state index is 10.00. The molecule has 0 unspecified atom stereocenters. The normalized spacial score (nSPS) is 10.5. The lowest BCUT2D eigenvalue weighted by atomic mass is 9.91. The molecular weight excluding hydrogens is 280 g/mol. The number of aryl methyl sites for hydroxylation is 1. The number of rotatable bonds is 4. The number of hydrogen-bond donors (Lipinski definition) is 1. The highest BCUT2D eigenvalue weighted by Gasteiger charge is 2.10. The lowest BCUT2D eigenvalue weighted by molar-refractivity contribution is 0.470. The van der Waals surface area contributed by atoms with Gasteiger partial charge < -0.3 is 5.11 Å². The molecule has 0 aliphatic carbocycles. The number of aromatic hydroxyl groups is 1. The number of allylic oxidation sites excluding steroid dienone is 1. The van der Waals surface area contributed by atoms with Gasteiger partial charge in [0.15, 0.2) is 0 Å². The molecule has 0 amide bonds. The zero-order chi connectivity index (χ0) is 16.2. The van der Waals surface area contributed by atoms with E-state index in [1.807, 2.05) is 18.2 Å². The quantitative estimate of drug-likeness (QED) is 0.607. The van der Waals surface area contributed by atoms with Gasteiger partial charge in [-0.3, -0.25) is 0 Å². The van der Waals surface area contributed by atoms with Gasteiger partial charge in [-0.1, -0.05) is 60.7 Å². The third-order valence-corrected chi connectivity index (χ3v) is 4.12. The highest BCUT2D eigenvalue weighted by Crippen LogP contribution is 2.35. The fourth-order valence-corrected chi connectivity index (χ4v) is 2.92. The summed E-state index contributed by atoms with van der Waals surface area (Å²) < 4.78 is 0. The molecule has 0 aliphatic heterocycles. The molecule has 0 saturated heterocycles. The number of benzene rings is 3. The fourth-order valence-electron chi connectivity index (χ4n) is 2.92. The molecule has 0 fully saturated rings. The Hall–Kier alpha value is -2.80. The molecule has 114 valence electrons. The molecule has 0 atom stereocenters. The van der Waals surface area contributed by atoms with Crippen molar-refractivity contribution in [2.75, 3.05) is 0 Å². The number of phenolic OH excluding ortho intramolecular Hbond substituents is 1. The molecular formula is C22H20O. The summed E-state index contributed by atoms with van der Waals surface area (Å²) in [6.45, 7) is 5.90. The molecule has 0 saturated carbocycles. The van der Waals surface area contributed by atoms with Crippen LogP contribution in [0, 0.1) is 6.92 Å². The van der Waals surface area contributed by atoms with Crippen molar-refractivity contribution in [2.24, 2.45) is 0 Å². The summed E-state index contributed by atoms with van der Waals surface area (Å²) in [4.78, 5) is 0. The second-order valence-corrected chi connectivity index (χ2v) is 5.70. The standard InChI is InChI=1S/C22H20O/c1-3-8-18-15-17(13-14-22(18)23)20-11-6-7-12-21(20)19-10-5-4-9-16(19)2/h3-7,9-15,23H,1,8H2,2H3. The van der Waals surface area contributed by atoms with Gasteiger partial charge in [-0.05, 0) is 58.9 Å². The van der Waals surface area contributed by atoms with Crippen molar-refractivity contribution < 1.29 is 5.11 Å². The minimum absolute atomic E-state index is 0.321. The number of phenols is 1. The van der Waals surface area contributed by atoms with Gasteiger partial charge in [-0.2, -0.15) is 0 Å². The summed E-state index contributed by atoms with van der Waals surface area (Å²) >= 11 is 0. The second kappa shape index (κ2) is 6.53. The third-order valence-electron chi connectivity index (χ3n) is 4.12. The Morgan fingerprint density at radius 1 is 0.870 bits per heavy atom. The maximum absolute atomic E-state index is 10.00. The van der Waals surface area contributed by atoms with Crippen LogP contribution in [0.2, 0.25) is 0 Å². The molecule has 0 heterocycles. The van der Waals surface area contributed by atoms with Crippen molar-refractivity contribution in [1.82, 2.24) is 0 Å². The second-order valence-electron chi connectivity index (χ2n) is 5.70. The van der Waals surface area contributed by atoms with Crippen molar-refractivity contribution in [2.45, 2.75) is 13.3 Å². The predicted octanol–water partition coefficient (Wildman–Crippen LogP) is 5.76. The molecule has 0 bridgehead atoms. The van der Waals surface area contributed by atoms with Crippen LogP contribution in [0.5, 0.6) is 5.75 Å². The van der Waals surface area contributed by atoms with Crippen LogP contribution in [0.4, 0.5) is 0 Å². The summed E-state index contributed by atoms with van der Waals surface area (Å²) in [6, 6.07) is 22.6. The van der Waals surface area contributed by atoms with Crippen LogP contribution in [0.25, 0.3) is 22.3 Å². The Kier molecular flexibility index (Phi) is 4.29. The summed E-state index contributed by atoms with van der Waals surface area (Å²) in [5.74, 6) is 0.321. The molecule has 0 radical (unpaired) electrons. The molecule has 0 aromatic heterocycles. The van der Waals surface area contributed by atoms with Crippen LogP contribution in [0.1, 0.15) is 11.1 Å². The summed E-state index contributed by atoms with van der Waals surface area (Å²) in [7, 11) is 0. The molecule has 1 nitrogen and oxygen atoms in total. The van der Waals surface area contributed by atoms with Gasteiger partial charge in [-0.25, -0.2) is 0 Å². The SMILES string of the molecule is C=CCc1cc(-c2ccccc2-c2ccccc2C)ccc1O. The minimum atomic E-state index is 0.321. The molecule has 3 rings (SSSR count). The zero-order valence-electron chi connectivity index (χ0n) is 13.3. The number of hydrogen-bond acceptors (Lipinski definition) is 1. The summed E-state index contributed by atoms with van der Waals surface area (Å²) in [5.41, 5.74) is 6.88. The molecule has 0 aliphatic rings. The third kappa shape index (κ3) is 3.04.